The van der Waals surface area contributed by atoms with Gasteiger partial charge in [-0.2, -0.15) is 5.10 Å². The average molecular weight is 506 g/mol. The van der Waals surface area contributed by atoms with Crippen LogP contribution in [0.3, 0.4) is 0 Å². The van der Waals surface area contributed by atoms with E-state index >= 15 is 0 Å². The van der Waals surface area contributed by atoms with E-state index in [4.69, 9.17) is 17.0 Å². The summed E-state index contributed by atoms with van der Waals surface area (Å²) in [6.45, 7) is 7.58. The molecule has 0 fully saturated rings. The smallest absolute Gasteiger partial charge is 0.227 e. The minimum Gasteiger partial charge on any atom is -0.374 e. The molecule has 0 amide bonds. The van der Waals surface area contributed by atoms with Crippen molar-refractivity contribution in [2.45, 2.75) is 38.8 Å². The van der Waals surface area contributed by atoms with E-state index in [2.05, 4.69) is 69.7 Å². The van der Waals surface area contributed by atoms with E-state index in [-0.39, 0.29) is 11.5 Å². The first-order valence-corrected chi connectivity index (χ1v) is 12.6. The number of fused-ring (bicyclic) bond motifs is 1. The second-order valence-electron chi connectivity index (χ2n) is 9.53. The van der Waals surface area contributed by atoms with Crippen LogP contribution in [0.25, 0.3) is 11.3 Å². The second kappa shape index (κ2) is 9.44. The van der Waals surface area contributed by atoms with Crippen LogP contribution in [-0.4, -0.2) is 36.3 Å². The van der Waals surface area contributed by atoms with Gasteiger partial charge in [0.25, 0.3) is 0 Å². The van der Waals surface area contributed by atoms with Gasteiger partial charge >= 0.3 is 0 Å². The Bertz CT molecular complexity index is 1370. The molecule has 0 radical (unpaired) electrons. The first kappa shape index (κ1) is 23.5. The van der Waals surface area contributed by atoms with E-state index in [0.717, 1.165) is 32.4 Å². The zero-order valence-corrected chi connectivity index (χ0v) is 21.7. The molecule has 1 aliphatic rings. The van der Waals surface area contributed by atoms with Crippen LogP contribution >= 0.6 is 23.6 Å². The summed E-state index contributed by atoms with van der Waals surface area (Å²) in [6, 6.07) is 8.24. The number of thiazole rings is 1. The largest absolute Gasteiger partial charge is 0.374 e. The molecule has 3 aromatic heterocycles. The molecule has 4 aromatic rings. The standard InChI is InChI=1S/C25H27N7OS2/c1-25(2,3)23-27-11-21(35-23)22(34)30-20-14-33-13-16-9-15(5-6-18(16)20)19-7-8-26-24(31-19)29-17-10-28-32(4)12-17/h5-12,20H,13-14H2,1-4H3,(H,30,34)(H,26,29,31). The van der Waals surface area contributed by atoms with Gasteiger partial charge in [-0.05, 0) is 23.3 Å². The van der Waals surface area contributed by atoms with E-state index in [1.165, 1.54) is 5.56 Å². The van der Waals surface area contributed by atoms with Crippen molar-refractivity contribution in [3.05, 3.63) is 70.1 Å². The Morgan fingerprint density at radius 3 is 2.80 bits per heavy atom. The third kappa shape index (κ3) is 5.24. The number of hydrogen-bond acceptors (Lipinski definition) is 8. The molecule has 0 spiro atoms. The van der Waals surface area contributed by atoms with Crippen molar-refractivity contribution in [3.63, 3.8) is 0 Å². The highest BCUT2D eigenvalue weighted by Gasteiger charge is 2.24. The molecule has 0 bridgehead atoms. The molecule has 1 atom stereocenters. The van der Waals surface area contributed by atoms with Crippen LogP contribution in [0.5, 0.6) is 0 Å². The summed E-state index contributed by atoms with van der Waals surface area (Å²) < 4.78 is 7.64. The average Bonchev–Trinajstić information content (AvgIpc) is 3.49. The summed E-state index contributed by atoms with van der Waals surface area (Å²) in [7, 11) is 1.87. The van der Waals surface area contributed by atoms with Crippen molar-refractivity contribution in [2.75, 3.05) is 11.9 Å². The van der Waals surface area contributed by atoms with E-state index < -0.39 is 0 Å². The molecule has 35 heavy (non-hydrogen) atoms. The number of hydrogen-bond donors (Lipinski definition) is 2. The molecular formula is C25H27N7OS2. The highest BCUT2D eigenvalue weighted by molar-refractivity contribution is 7.81. The van der Waals surface area contributed by atoms with E-state index in [1.807, 2.05) is 25.5 Å². The van der Waals surface area contributed by atoms with Gasteiger partial charge in [0.15, 0.2) is 0 Å². The Labute approximate surface area is 213 Å². The van der Waals surface area contributed by atoms with Gasteiger partial charge in [-0.15, -0.1) is 11.3 Å². The number of nitrogens with zero attached hydrogens (tertiary/aromatic N) is 5. The van der Waals surface area contributed by atoms with E-state index in [9.17, 15) is 0 Å². The van der Waals surface area contributed by atoms with Crippen LogP contribution in [0.4, 0.5) is 11.6 Å². The monoisotopic (exact) mass is 505 g/mol. The summed E-state index contributed by atoms with van der Waals surface area (Å²) in [5.41, 5.74) is 4.98. The van der Waals surface area contributed by atoms with E-state index in [1.54, 1.807) is 28.4 Å². The van der Waals surface area contributed by atoms with Crippen LogP contribution in [0.15, 0.2) is 49.1 Å². The number of benzene rings is 1. The lowest BCUT2D eigenvalue weighted by molar-refractivity contribution is 0.0877. The van der Waals surface area contributed by atoms with Gasteiger partial charge in [0.05, 0.1) is 46.7 Å². The Balaban J connectivity index is 1.34. The summed E-state index contributed by atoms with van der Waals surface area (Å²) in [5.74, 6) is 0.522. The summed E-state index contributed by atoms with van der Waals surface area (Å²) >= 11 is 7.35. The molecule has 0 aliphatic carbocycles. The summed E-state index contributed by atoms with van der Waals surface area (Å²) in [5, 5.41) is 11.9. The maximum atomic E-state index is 5.91. The van der Waals surface area contributed by atoms with Gasteiger partial charge in [-0.1, -0.05) is 45.1 Å². The lowest BCUT2D eigenvalue weighted by atomic mass is 9.95. The molecule has 1 aromatic carbocycles. The molecule has 8 nitrogen and oxygen atoms in total. The molecule has 10 heteroatoms. The number of rotatable bonds is 5. The SMILES string of the molecule is Cn1cc(Nc2nccc(-c3ccc4c(c3)COCC4NC(=S)c3cnc(C(C)(C)C)s3)n2)cn1. The van der Waals surface area contributed by atoms with Crippen molar-refractivity contribution in [1.82, 2.24) is 30.0 Å². The Morgan fingerprint density at radius 1 is 1.20 bits per heavy atom. The molecule has 1 aliphatic heterocycles. The molecule has 5 rings (SSSR count). The molecule has 1 unspecified atom stereocenters. The molecule has 2 N–H and O–H groups in total. The van der Waals surface area contributed by atoms with Crippen LogP contribution in [-0.2, 0) is 23.8 Å². The summed E-state index contributed by atoms with van der Waals surface area (Å²) in [4.78, 5) is 15.3. The number of ether oxygens (including phenoxy) is 1. The van der Waals surface area contributed by atoms with Gasteiger partial charge < -0.3 is 15.4 Å². The van der Waals surface area contributed by atoms with Gasteiger partial charge in [-0.25, -0.2) is 15.0 Å². The van der Waals surface area contributed by atoms with E-state index in [0.29, 0.717) is 24.2 Å². The third-order valence-electron chi connectivity index (χ3n) is 5.65. The fraction of sp³-hybridized carbons (Fsp3) is 0.320. The lowest BCUT2D eigenvalue weighted by Gasteiger charge is -2.27. The minimum absolute atomic E-state index is 0.00381. The molecule has 0 saturated heterocycles. The Morgan fingerprint density at radius 2 is 2.06 bits per heavy atom. The maximum absolute atomic E-state index is 5.91. The predicted molar refractivity (Wildman–Crippen MR) is 142 cm³/mol. The van der Waals surface area contributed by atoms with Crippen LogP contribution < -0.4 is 10.6 Å². The predicted octanol–water partition coefficient (Wildman–Crippen LogP) is 4.91. The van der Waals surface area contributed by atoms with Crippen molar-refractivity contribution in [2.24, 2.45) is 7.05 Å². The maximum Gasteiger partial charge on any atom is 0.227 e. The first-order chi connectivity index (χ1) is 16.8. The number of aromatic nitrogens is 5. The van der Waals surface area contributed by atoms with Gasteiger partial charge in [-0.3, -0.25) is 4.68 Å². The Kier molecular flexibility index (Phi) is 6.35. The minimum atomic E-state index is -0.0197. The van der Waals surface area contributed by atoms with Crippen molar-refractivity contribution in [3.8, 4) is 11.3 Å². The second-order valence-corrected chi connectivity index (χ2v) is 11.0. The topological polar surface area (TPSA) is 89.8 Å². The zero-order valence-electron chi connectivity index (χ0n) is 20.1. The van der Waals surface area contributed by atoms with Crippen LogP contribution in [0, 0.1) is 0 Å². The van der Waals surface area contributed by atoms with Crippen molar-refractivity contribution < 1.29 is 4.74 Å². The quantitative estimate of drug-likeness (QED) is 0.370. The number of aryl methyl sites for hydroxylation is 1. The molecule has 180 valence electrons. The Hall–Kier alpha value is -3.21. The lowest BCUT2D eigenvalue weighted by Crippen LogP contribution is -2.33. The first-order valence-electron chi connectivity index (χ1n) is 11.3. The van der Waals surface area contributed by atoms with Gasteiger partial charge in [0.1, 0.15) is 4.99 Å². The van der Waals surface area contributed by atoms with Crippen LogP contribution in [0.1, 0.15) is 47.8 Å². The number of thiocarbonyl (C=S) groups is 1. The molecule has 0 saturated carbocycles. The fourth-order valence-corrected chi connectivity index (χ4v) is 5.07. The highest BCUT2D eigenvalue weighted by Crippen LogP contribution is 2.31. The summed E-state index contributed by atoms with van der Waals surface area (Å²) in [6.07, 6.45) is 7.22. The number of anilines is 2. The molecular weight excluding hydrogens is 478 g/mol. The van der Waals surface area contributed by atoms with Crippen LogP contribution in [0.2, 0.25) is 0 Å². The number of nitrogens with one attached hydrogen (secondary N) is 2. The van der Waals surface area contributed by atoms with Crippen molar-refractivity contribution >= 4 is 40.2 Å². The zero-order chi connectivity index (χ0) is 24.6. The van der Waals surface area contributed by atoms with Crippen molar-refractivity contribution in [1.29, 1.82) is 0 Å². The fourth-order valence-electron chi connectivity index (χ4n) is 3.88. The van der Waals surface area contributed by atoms with Gasteiger partial charge in [0.2, 0.25) is 5.95 Å². The molecule has 4 heterocycles. The normalized spacial score (nSPS) is 15.5. The highest BCUT2D eigenvalue weighted by atomic mass is 32.1. The van der Waals surface area contributed by atoms with Gasteiger partial charge in [0, 0.05) is 36.6 Å². The third-order valence-corrected chi connectivity index (χ3v) is 7.56.